The van der Waals surface area contributed by atoms with Gasteiger partial charge in [0, 0.05) is 5.41 Å². The van der Waals surface area contributed by atoms with Crippen molar-refractivity contribution in [1.82, 2.24) is 0 Å². The highest BCUT2D eigenvalue weighted by molar-refractivity contribution is 5.25. The second-order valence-corrected chi connectivity index (χ2v) is 12.3. The lowest BCUT2D eigenvalue weighted by atomic mass is 9.45. The van der Waals surface area contributed by atoms with Gasteiger partial charge in [-0.3, -0.25) is 0 Å². The van der Waals surface area contributed by atoms with Crippen LogP contribution >= 0.6 is 0 Å². The first-order valence-corrected chi connectivity index (χ1v) is 12.8. The Kier molecular flexibility index (Phi) is 7.30. The third kappa shape index (κ3) is 4.28. The number of aliphatic hydroxyl groups excluding tert-OH is 6. The van der Waals surface area contributed by atoms with E-state index in [9.17, 15) is 30.6 Å². The van der Waals surface area contributed by atoms with Crippen LogP contribution in [0.2, 0.25) is 0 Å². The molecular weight excluding hydrogens is 440 g/mol. The molecule has 0 bridgehead atoms. The van der Waals surface area contributed by atoms with Gasteiger partial charge in [-0.15, -0.1) is 0 Å². The molecule has 3 fully saturated rings. The average molecular weight is 485 g/mol. The SMILES string of the molecule is CC1(C(O)COC2OC(CO)C(O)C(O)C2O)C=C2CCC3C(C)(C)C(O)CCC3(C)C2CC1. The van der Waals surface area contributed by atoms with Crippen molar-refractivity contribution in [2.24, 2.45) is 28.1 Å². The zero-order valence-electron chi connectivity index (χ0n) is 20.9. The summed E-state index contributed by atoms with van der Waals surface area (Å²) in [7, 11) is 0. The molecule has 3 aliphatic carbocycles. The van der Waals surface area contributed by atoms with Crippen LogP contribution in [0, 0.1) is 28.1 Å². The molecule has 0 aromatic rings. The first kappa shape index (κ1) is 26.5. The Balaban J connectivity index is 1.44. The molecule has 2 saturated carbocycles. The van der Waals surface area contributed by atoms with Crippen LogP contribution in [0.25, 0.3) is 0 Å². The van der Waals surface area contributed by atoms with Crippen LogP contribution in [0.5, 0.6) is 0 Å². The fraction of sp³-hybridized carbons (Fsp3) is 0.923. The number of hydrogen-bond acceptors (Lipinski definition) is 8. The summed E-state index contributed by atoms with van der Waals surface area (Å²) < 4.78 is 11.1. The molecular formula is C26H44O8. The summed E-state index contributed by atoms with van der Waals surface area (Å²) in [6.07, 6.45) is 0.0490. The largest absolute Gasteiger partial charge is 0.394 e. The maximum absolute atomic E-state index is 11.1. The van der Waals surface area contributed by atoms with E-state index >= 15 is 0 Å². The Morgan fingerprint density at radius 1 is 1.00 bits per heavy atom. The quantitative estimate of drug-likeness (QED) is 0.319. The molecule has 34 heavy (non-hydrogen) atoms. The molecule has 196 valence electrons. The molecule has 4 aliphatic rings. The zero-order valence-corrected chi connectivity index (χ0v) is 20.9. The van der Waals surface area contributed by atoms with Crippen molar-refractivity contribution in [3.63, 3.8) is 0 Å². The molecule has 1 aliphatic heterocycles. The number of hydrogen-bond donors (Lipinski definition) is 6. The summed E-state index contributed by atoms with van der Waals surface area (Å²) in [6, 6.07) is 0. The molecule has 11 unspecified atom stereocenters. The lowest BCUT2D eigenvalue weighted by Crippen LogP contribution is -2.59. The number of rotatable bonds is 5. The summed E-state index contributed by atoms with van der Waals surface area (Å²) in [5.41, 5.74) is 0.947. The molecule has 6 N–H and O–H groups in total. The van der Waals surface area contributed by atoms with Gasteiger partial charge in [0.2, 0.25) is 0 Å². The highest BCUT2D eigenvalue weighted by Crippen LogP contribution is 2.63. The average Bonchev–Trinajstić information content (AvgIpc) is 2.79. The third-order valence-electron chi connectivity index (χ3n) is 9.99. The van der Waals surface area contributed by atoms with E-state index in [0.29, 0.717) is 11.8 Å². The third-order valence-corrected chi connectivity index (χ3v) is 9.99. The van der Waals surface area contributed by atoms with Crippen LogP contribution in [0.4, 0.5) is 0 Å². The minimum absolute atomic E-state index is 0.0992. The van der Waals surface area contributed by atoms with Gasteiger partial charge >= 0.3 is 0 Å². The molecule has 0 radical (unpaired) electrons. The van der Waals surface area contributed by atoms with Crippen molar-refractivity contribution in [1.29, 1.82) is 0 Å². The topological polar surface area (TPSA) is 140 Å². The van der Waals surface area contributed by atoms with Gasteiger partial charge in [-0.2, -0.15) is 0 Å². The van der Waals surface area contributed by atoms with Crippen molar-refractivity contribution in [3.8, 4) is 0 Å². The maximum Gasteiger partial charge on any atom is 0.186 e. The molecule has 4 rings (SSSR count). The summed E-state index contributed by atoms with van der Waals surface area (Å²) in [6.45, 7) is 8.22. The molecule has 1 heterocycles. The smallest absolute Gasteiger partial charge is 0.186 e. The Labute approximate surface area is 202 Å². The van der Waals surface area contributed by atoms with Crippen molar-refractivity contribution in [3.05, 3.63) is 11.6 Å². The van der Waals surface area contributed by atoms with Crippen LogP contribution in [0.3, 0.4) is 0 Å². The summed E-state index contributed by atoms with van der Waals surface area (Å²) in [5.74, 6) is 0.916. The van der Waals surface area contributed by atoms with E-state index in [0.717, 1.165) is 38.5 Å². The molecule has 0 aromatic carbocycles. The van der Waals surface area contributed by atoms with Gasteiger partial charge in [-0.25, -0.2) is 0 Å². The predicted molar refractivity (Wildman–Crippen MR) is 124 cm³/mol. The Morgan fingerprint density at radius 2 is 1.71 bits per heavy atom. The molecule has 0 amide bonds. The van der Waals surface area contributed by atoms with E-state index in [2.05, 4.69) is 26.8 Å². The molecule has 0 spiro atoms. The number of fused-ring (bicyclic) bond motifs is 3. The van der Waals surface area contributed by atoms with E-state index in [1.807, 2.05) is 6.92 Å². The fourth-order valence-electron chi connectivity index (χ4n) is 7.59. The highest BCUT2D eigenvalue weighted by Gasteiger charge is 2.57. The fourth-order valence-corrected chi connectivity index (χ4v) is 7.59. The minimum atomic E-state index is -1.50. The second-order valence-electron chi connectivity index (χ2n) is 12.3. The van der Waals surface area contributed by atoms with Gasteiger partial charge in [-0.1, -0.05) is 39.3 Å². The van der Waals surface area contributed by atoms with Gasteiger partial charge in [0.15, 0.2) is 6.29 Å². The molecule has 1 saturated heterocycles. The van der Waals surface area contributed by atoms with Crippen LogP contribution in [0.1, 0.15) is 66.2 Å². The lowest BCUT2D eigenvalue weighted by Gasteiger charge is -2.61. The Hall–Kier alpha value is -0.580. The number of aliphatic hydroxyl groups is 6. The van der Waals surface area contributed by atoms with Gasteiger partial charge in [-0.05, 0) is 61.2 Å². The minimum Gasteiger partial charge on any atom is -0.394 e. The van der Waals surface area contributed by atoms with Crippen molar-refractivity contribution < 1.29 is 40.1 Å². The lowest BCUT2D eigenvalue weighted by molar-refractivity contribution is -0.306. The van der Waals surface area contributed by atoms with Crippen molar-refractivity contribution >= 4 is 0 Å². The van der Waals surface area contributed by atoms with Crippen LogP contribution in [-0.2, 0) is 9.47 Å². The maximum atomic E-state index is 11.1. The summed E-state index contributed by atoms with van der Waals surface area (Å²) >= 11 is 0. The zero-order chi connectivity index (χ0) is 25.1. The second kappa shape index (κ2) is 9.38. The highest BCUT2D eigenvalue weighted by atomic mass is 16.7. The van der Waals surface area contributed by atoms with Gasteiger partial charge in [0.05, 0.1) is 25.4 Å². The standard InChI is InChI=1S/C26H44O8/c1-24(2)17-6-5-14-11-25(3,9-7-15(14)26(17,4)10-8-18(24)28)19(29)13-33-23-22(32)21(31)20(30)16(12-27)34-23/h11,15-23,27-32H,5-10,12-13H2,1-4H3. The predicted octanol–water partition coefficient (Wildman–Crippen LogP) is 1.10. The van der Waals surface area contributed by atoms with Gasteiger partial charge in [0.1, 0.15) is 24.4 Å². The van der Waals surface area contributed by atoms with Crippen LogP contribution < -0.4 is 0 Å². The van der Waals surface area contributed by atoms with Gasteiger partial charge in [0.25, 0.3) is 0 Å². The monoisotopic (exact) mass is 484 g/mol. The first-order valence-electron chi connectivity index (χ1n) is 12.8. The molecule has 11 atom stereocenters. The number of ether oxygens (including phenoxy) is 2. The van der Waals surface area contributed by atoms with E-state index in [4.69, 9.17) is 9.47 Å². The van der Waals surface area contributed by atoms with Crippen LogP contribution in [0.15, 0.2) is 11.6 Å². The van der Waals surface area contributed by atoms with Crippen molar-refractivity contribution in [2.75, 3.05) is 13.2 Å². The van der Waals surface area contributed by atoms with E-state index < -0.39 is 48.8 Å². The van der Waals surface area contributed by atoms with Crippen molar-refractivity contribution in [2.45, 2.75) is 109 Å². The first-order chi connectivity index (χ1) is 15.8. The number of allylic oxidation sites excluding steroid dienone is 1. The molecule has 8 heteroatoms. The van der Waals surface area contributed by atoms with E-state index in [1.165, 1.54) is 5.57 Å². The molecule has 8 nitrogen and oxygen atoms in total. The summed E-state index contributed by atoms with van der Waals surface area (Å²) in [5, 5.41) is 61.2. The van der Waals surface area contributed by atoms with E-state index in [-0.39, 0.29) is 23.5 Å². The Bertz CT molecular complexity index is 768. The van der Waals surface area contributed by atoms with E-state index in [1.54, 1.807) is 0 Å². The van der Waals surface area contributed by atoms with Gasteiger partial charge < -0.3 is 40.1 Å². The normalized spacial score (nSPS) is 49.5. The summed E-state index contributed by atoms with van der Waals surface area (Å²) in [4.78, 5) is 0. The Morgan fingerprint density at radius 3 is 2.38 bits per heavy atom. The molecule has 0 aromatic heterocycles. The van der Waals surface area contributed by atoms with Crippen LogP contribution in [-0.4, -0.2) is 86.8 Å².